The first-order chi connectivity index (χ1) is 12.1. The standard InChI is InChI=1S/C16H15N3O6/c1-23-15(21)11-13(14-12(16(22)24-2)18-8-25-14)19(7-17-11)9-5-3-4-6-10(9)20/h3-8,11,13,20H,1-2H3/t11-,13-/m1/s1. The molecule has 1 aliphatic heterocycles. The van der Waals surface area contributed by atoms with Crippen molar-refractivity contribution in [1.82, 2.24) is 4.98 Å². The highest BCUT2D eigenvalue weighted by atomic mass is 16.5. The van der Waals surface area contributed by atoms with E-state index in [-0.39, 0.29) is 17.2 Å². The minimum atomic E-state index is -0.999. The summed E-state index contributed by atoms with van der Waals surface area (Å²) in [4.78, 5) is 33.6. The Bertz CT molecular complexity index is 831. The van der Waals surface area contributed by atoms with E-state index in [0.717, 1.165) is 6.39 Å². The van der Waals surface area contributed by atoms with Gasteiger partial charge >= 0.3 is 11.9 Å². The summed E-state index contributed by atoms with van der Waals surface area (Å²) in [6.45, 7) is 0. The summed E-state index contributed by atoms with van der Waals surface area (Å²) in [5, 5.41) is 10.1. The molecular weight excluding hydrogens is 330 g/mol. The number of benzene rings is 1. The van der Waals surface area contributed by atoms with Gasteiger partial charge in [-0.05, 0) is 12.1 Å². The van der Waals surface area contributed by atoms with Crippen LogP contribution in [0.3, 0.4) is 0 Å². The van der Waals surface area contributed by atoms with Crippen LogP contribution < -0.4 is 4.90 Å². The zero-order valence-corrected chi connectivity index (χ0v) is 13.4. The molecule has 3 rings (SSSR count). The van der Waals surface area contributed by atoms with Gasteiger partial charge in [0.2, 0.25) is 0 Å². The number of para-hydroxylation sites is 2. The van der Waals surface area contributed by atoms with Crippen molar-refractivity contribution in [2.75, 3.05) is 19.1 Å². The maximum atomic E-state index is 12.1. The lowest BCUT2D eigenvalue weighted by Gasteiger charge is -2.26. The molecule has 1 aliphatic rings. The molecular formula is C16H15N3O6. The fourth-order valence-electron chi connectivity index (χ4n) is 2.64. The van der Waals surface area contributed by atoms with Crippen molar-refractivity contribution >= 4 is 24.0 Å². The van der Waals surface area contributed by atoms with E-state index in [9.17, 15) is 14.7 Å². The number of carbonyl (C=O) groups is 2. The number of rotatable bonds is 4. The number of oxazole rings is 1. The van der Waals surface area contributed by atoms with Crippen molar-refractivity contribution < 1.29 is 28.6 Å². The second kappa shape index (κ2) is 6.63. The molecule has 0 saturated carbocycles. The number of aromatic nitrogens is 1. The Labute approximate surface area is 142 Å². The highest BCUT2D eigenvalue weighted by Gasteiger charge is 2.44. The van der Waals surface area contributed by atoms with E-state index in [2.05, 4.69) is 9.98 Å². The number of phenolic OH excluding ortho intramolecular Hbond substituents is 1. The average molecular weight is 345 g/mol. The fourth-order valence-corrected chi connectivity index (χ4v) is 2.64. The maximum absolute atomic E-state index is 12.1. The van der Waals surface area contributed by atoms with E-state index in [1.165, 1.54) is 31.5 Å². The highest BCUT2D eigenvalue weighted by molar-refractivity contribution is 5.94. The Morgan fingerprint density at radius 1 is 1.24 bits per heavy atom. The van der Waals surface area contributed by atoms with Gasteiger partial charge in [-0.2, -0.15) is 0 Å². The summed E-state index contributed by atoms with van der Waals surface area (Å²) in [6.07, 6.45) is 2.46. The number of hydrogen-bond donors (Lipinski definition) is 1. The molecule has 0 radical (unpaired) electrons. The molecule has 1 N–H and O–H groups in total. The quantitative estimate of drug-likeness (QED) is 0.825. The van der Waals surface area contributed by atoms with Crippen LogP contribution in [0.25, 0.3) is 0 Å². The Morgan fingerprint density at radius 2 is 2.00 bits per heavy atom. The molecule has 0 fully saturated rings. The lowest BCUT2D eigenvalue weighted by molar-refractivity contribution is -0.142. The van der Waals surface area contributed by atoms with Crippen molar-refractivity contribution in [2.45, 2.75) is 12.1 Å². The average Bonchev–Trinajstić information content (AvgIpc) is 3.27. The number of aliphatic imine (C=N–C) groups is 1. The van der Waals surface area contributed by atoms with E-state index in [0.29, 0.717) is 5.69 Å². The zero-order chi connectivity index (χ0) is 18.0. The summed E-state index contributed by atoms with van der Waals surface area (Å²) in [5.74, 6) is -1.27. The zero-order valence-electron chi connectivity index (χ0n) is 13.4. The van der Waals surface area contributed by atoms with Gasteiger partial charge in [0.25, 0.3) is 0 Å². The fraction of sp³-hybridized carbons (Fsp3) is 0.250. The first-order valence-corrected chi connectivity index (χ1v) is 7.27. The molecule has 0 unspecified atom stereocenters. The number of nitrogens with zero attached hydrogens (tertiary/aromatic N) is 3. The van der Waals surface area contributed by atoms with E-state index in [1.807, 2.05) is 0 Å². The number of methoxy groups -OCH3 is 2. The molecule has 0 saturated heterocycles. The van der Waals surface area contributed by atoms with E-state index < -0.39 is 24.0 Å². The molecule has 25 heavy (non-hydrogen) atoms. The van der Waals surface area contributed by atoms with E-state index in [1.54, 1.807) is 18.2 Å². The number of phenols is 1. The van der Waals surface area contributed by atoms with Gasteiger partial charge < -0.3 is 23.9 Å². The summed E-state index contributed by atoms with van der Waals surface area (Å²) >= 11 is 0. The van der Waals surface area contributed by atoms with Gasteiger partial charge in [-0.15, -0.1) is 0 Å². The number of carbonyl (C=O) groups excluding carboxylic acids is 2. The molecule has 1 aromatic heterocycles. The van der Waals surface area contributed by atoms with Crippen LogP contribution in [0.5, 0.6) is 5.75 Å². The molecule has 2 atom stereocenters. The Hall–Kier alpha value is -3.36. The van der Waals surface area contributed by atoms with Crippen LogP contribution in [0, 0.1) is 0 Å². The highest BCUT2D eigenvalue weighted by Crippen LogP contribution is 2.39. The minimum absolute atomic E-state index is 0.0244. The second-order valence-corrected chi connectivity index (χ2v) is 5.13. The molecule has 0 aliphatic carbocycles. The number of ether oxygens (including phenoxy) is 2. The minimum Gasteiger partial charge on any atom is -0.506 e. The van der Waals surface area contributed by atoms with Crippen LogP contribution in [0.4, 0.5) is 5.69 Å². The predicted molar refractivity (Wildman–Crippen MR) is 85.5 cm³/mol. The lowest BCUT2D eigenvalue weighted by atomic mass is 10.0. The summed E-state index contributed by atoms with van der Waals surface area (Å²) in [6, 6.07) is 4.65. The van der Waals surface area contributed by atoms with Crippen molar-refractivity contribution in [3.8, 4) is 5.75 Å². The molecule has 0 bridgehead atoms. The van der Waals surface area contributed by atoms with Crippen molar-refractivity contribution in [3.05, 3.63) is 42.1 Å². The number of aromatic hydroxyl groups is 1. The lowest BCUT2D eigenvalue weighted by Crippen LogP contribution is -2.34. The summed E-state index contributed by atoms with van der Waals surface area (Å²) in [7, 11) is 2.45. The van der Waals surface area contributed by atoms with Crippen LogP contribution in [0.15, 0.2) is 40.1 Å². The Kier molecular flexibility index (Phi) is 4.38. The van der Waals surface area contributed by atoms with Gasteiger partial charge in [0, 0.05) is 0 Å². The molecule has 9 nitrogen and oxygen atoms in total. The molecule has 130 valence electrons. The molecule has 2 heterocycles. The van der Waals surface area contributed by atoms with Gasteiger partial charge in [0.15, 0.2) is 23.9 Å². The third kappa shape index (κ3) is 2.80. The van der Waals surface area contributed by atoms with E-state index in [4.69, 9.17) is 13.9 Å². The third-order valence-corrected chi connectivity index (χ3v) is 3.80. The van der Waals surface area contributed by atoms with Crippen LogP contribution in [-0.4, -0.2) is 48.6 Å². The third-order valence-electron chi connectivity index (χ3n) is 3.80. The number of esters is 2. The smallest absolute Gasteiger partial charge is 0.360 e. The van der Waals surface area contributed by atoms with Crippen molar-refractivity contribution in [2.24, 2.45) is 4.99 Å². The molecule has 0 spiro atoms. The van der Waals surface area contributed by atoms with Gasteiger partial charge in [-0.25, -0.2) is 14.6 Å². The van der Waals surface area contributed by atoms with Gasteiger partial charge in [0.1, 0.15) is 11.8 Å². The number of hydrogen-bond acceptors (Lipinski definition) is 9. The predicted octanol–water partition coefficient (Wildman–Crippen LogP) is 1.30. The topological polar surface area (TPSA) is 114 Å². The van der Waals surface area contributed by atoms with Gasteiger partial charge in [0.05, 0.1) is 26.2 Å². The van der Waals surface area contributed by atoms with Crippen LogP contribution in [-0.2, 0) is 14.3 Å². The van der Waals surface area contributed by atoms with Crippen molar-refractivity contribution in [1.29, 1.82) is 0 Å². The van der Waals surface area contributed by atoms with Crippen LogP contribution >= 0.6 is 0 Å². The monoisotopic (exact) mass is 345 g/mol. The first-order valence-electron chi connectivity index (χ1n) is 7.27. The summed E-state index contributed by atoms with van der Waals surface area (Å²) in [5.41, 5.74) is 0.308. The SMILES string of the molecule is COC(=O)c1ncoc1[C@H]1[C@H](C(=O)OC)N=CN1c1ccccc1O. The van der Waals surface area contributed by atoms with Crippen LogP contribution in [0.1, 0.15) is 22.3 Å². The van der Waals surface area contributed by atoms with Crippen LogP contribution in [0.2, 0.25) is 0 Å². The molecule has 2 aromatic rings. The largest absolute Gasteiger partial charge is 0.506 e. The molecule has 0 amide bonds. The Balaban J connectivity index is 2.10. The Morgan fingerprint density at radius 3 is 2.68 bits per heavy atom. The van der Waals surface area contributed by atoms with Gasteiger partial charge in [-0.3, -0.25) is 4.99 Å². The normalized spacial score (nSPS) is 19.0. The first kappa shape index (κ1) is 16.5. The van der Waals surface area contributed by atoms with Crippen molar-refractivity contribution in [3.63, 3.8) is 0 Å². The second-order valence-electron chi connectivity index (χ2n) is 5.13. The number of anilines is 1. The van der Waals surface area contributed by atoms with E-state index >= 15 is 0 Å². The maximum Gasteiger partial charge on any atom is 0.360 e. The van der Waals surface area contributed by atoms with Gasteiger partial charge in [-0.1, -0.05) is 12.1 Å². The molecule has 9 heteroatoms. The molecule has 1 aromatic carbocycles. The summed E-state index contributed by atoms with van der Waals surface area (Å²) < 4.78 is 14.8.